The number of carbonyl (C=O) groups excluding carboxylic acids is 2. The van der Waals surface area contributed by atoms with Crippen molar-refractivity contribution in [2.75, 3.05) is 13.7 Å². The Labute approximate surface area is 85.1 Å². The van der Waals surface area contributed by atoms with Crippen LogP contribution in [0, 0.1) is 5.92 Å². The largest absolute Gasteiger partial charge is 0.462 e. The van der Waals surface area contributed by atoms with Crippen LogP contribution in [-0.2, 0) is 14.3 Å². The first-order chi connectivity index (χ1) is 6.13. The SMILES string of the molecule is COC(=O)C(=O)NCC1CC(Br)C1. The molecular weight excluding hydrogens is 238 g/mol. The molecule has 0 aromatic heterocycles. The lowest BCUT2D eigenvalue weighted by atomic mass is 9.85. The van der Waals surface area contributed by atoms with Gasteiger partial charge in [0.15, 0.2) is 0 Å². The third kappa shape index (κ3) is 2.99. The fraction of sp³-hybridized carbons (Fsp3) is 0.750. The van der Waals surface area contributed by atoms with Crippen molar-refractivity contribution in [3.8, 4) is 0 Å². The Morgan fingerprint density at radius 3 is 2.62 bits per heavy atom. The van der Waals surface area contributed by atoms with E-state index in [-0.39, 0.29) is 0 Å². The molecule has 0 aromatic carbocycles. The summed E-state index contributed by atoms with van der Waals surface area (Å²) in [6, 6.07) is 0. The summed E-state index contributed by atoms with van der Waals surface area (Å²) in [6.07, 6.45) is 2.11. The zero-order chi connectivity index (χ0) is 9.84. The van der Waals surface area contributed by atoms with Crippen molar-refractivity contribution < 1.29 is 14.3 Å². The minimum atomic E-state index is -0.824. The molecular formula is C8H12BrNO3. The summed E-state index contributed by atoms with van der Waals surface area (Å²) in [4.78, 5) is 22.1. The van der Waals surface area contributed by atoms with Gasteiger partial charge in [0.2, 0.25) is 0 Å². The quantitative estimate of drug-likeness (QED) is 0.439. The molecule has 13 heavy (non-hydrogen) atoms. The van der Waals surface area contributed by atoms with Gasteiger partial charge in [0.25, 0.3) is 0 Å². The first-order valence-electron chi connectivity index (χ1n) is 4.13. The molecule has 0 heterocycles. The standard InChI is InChI=1S/C8H12BrNO3/c1-13-8(12)7(11)10-4-5-2-6(9)3-5/h5-6H,2-4H2,1H3,(H,10,11). The van der Waals surface area contributed by atoms with E-state index >= 15 is 0 Å². The molecule has 0 aliphatic heterocycles. The topological polar surface area (TPSA) is 55.4 Å². The van der Waals surface area contributed by atoms with Gasteiger partial charge < -0.3 is 10.1 Å². The van der Waals surface area contributed by atoms with E-state index in [0.29, 0.717) is 17.3 Å². The number of halogens is 1. The smallest absolute Gasteiger partial charge is 0.396 e. The highest BCUT2D eigenvalue weighted by atomic mass is 79.9. The molecule has 0 aromatic rings. The molecule has 74 valence electrons. The first-order valence-corrected chi connectivity index (χ1v) is 5.05. The van der Waals surface area contributed by atoms with E-state index in [4.69, 9.17) is 0 Å². The van der Waals surface area contributed by atoms with Crippen molar-refractivity contribution in [2.24, 2.45) is 5.92 Å². The first kappa shape index (κ1) is 10.5. The number of amides is 1. The summed E-state index contributed by atoms with van der Waals surface area (Å²) in [7, 11) is 1.19. The minimum absolute atomic E-state index is 0.498. The van der Waals surface area contributed by atoms with Crippen LogP contribution in [0.15, 0.2) is 0 Å². The van der Waals surface area contributed by atoms with Crippen LogP contribution in [0.5, 0.6) is 0 Å². The monoisotopic (exact) mass is 249 g/mol. The van der Waals surface area contributed by atoms with Gasteiger partial charge in [-0.05, 0) is 18.8 Å². The Hall–Kier alpha value is -0.580. The van der Waals surface area contributed by atoms with E-state index in [1.807, 2.05) is 0 Å². The number of rotatable bonds is 2. The lowest BCUT2D eigenvalue weighted by molar-refractivity contribution is -0.152. The van der Waals surface area contributed by atoms with Crippen molar-refractivity contribution in [2.45, 2.75) is 17.7 Å². The maximum absolute atomic E-state index is 10.9. The van der Waals surface area contributed by atoms with Gasteiger partial charge in [0, 0.05) is 11.4 Å². The zero-order valence-electron chi connectivity index (χ0n) is 7.38. The lowest BCUT2D eigenvalue weighted by Crippen LogP contribution is -2.39. The Kier molecular flexibility index (Phi) is 3.71. The molecule has 1 saturated carbocycles. The van der Waals surface area contributed by atoms with Gasteiger partial charge in [0.1, 0.15) is 0 Å². The number of hydrogen-bond acceptors (Lipinski definition) is 3. The molecule has 1 N–H and O–H groups in total. The van der Waals surface area contributed by atoms with E-state index in [9.17, 15) is 9.59 Å². The summed E-state index contributed by atoms with van der Waals surface area (Å²) in [5.41, 5.74) is 0. The molecule has 0 bridgehead atoms. The molecule has 1 fully saturated rings. The molecule has 4 nitrogen and oxygen atoms in total. The number of carbonyl (C=O) groups is 2. The molecule has 0 spiro atoms. The van der Waals surface area contributed by atoms with E-state index in [2.05, 4.69) is 26.0 Å². The number of esters is 1. The Balaban J connectivity index is 2.12. The third-order valence-corrected chi connectivity index (χ3v) is 2.85. The van der Waals surface area contributed by atoms with E-state index in [1.54, 1.807) is 0 Å². The van der Waals surface area contributed by atoms with Gasteiger partial charge in [-0.1, -0.05) is 15.9 Å². The zero-order valence-corrected chi connectivity index (χ0v) is 8.96. The van der Waals surface area contributed by atoms with Crippen molar-refractivity contribution in [3.05, 3.63) is 0 Å². The van der Waals surface area contributed by atoms with E-state index < -0.39 is 11.9 Å². The molecule has 0 unspecified atom stereocenters. The van der Waals surface area contributed by atoms with Crippen LogP contribution >= 0.6 is 15.9 Å². The Morgan fingerprint density at radius 1 is 1.54 bits per heavy atom. The number of ether oxygens (including phenoxy) is 1. The molecule has 0 atom stereocenters. The maximum Gasteiger partial charge on any atom is 0.396 e. The van der Waals surface area contributed by atoms with Gasteiger partial charge in [0.05, 0.1) is 7.11 Å². The second-order valence-corrected chi connectivity index (χ2v) is 4.43. The predicted molar refractivity (Wildman–Crippen MR) is 50.5 cm³/mol. The molecule has 1 amide bonds. The van der Waals surface area contributed by atoms with Crippen LogP contribution in [0.3, 0.4) is 0 Å². The number of methoxy groups -OCH3 is 1. The summed E-state index contributed by atoms with van der Waals surface area (Å²) in [5, 5.41) is 2.52. The van der Waals surface area contributed by atoms with Crippen molar-refractivity contribution >= 4 is 27.8 Å². The highest BCUT2D eigenvalue weighted by Gasteiger charge is 2.27. The summed E-state index contributed by atoms with van der Waals surface area (Å²) in [5.74, 6) is -0.979. The minimum Gasteiger partial charge on any atom is -0.462 e. The van der Waals surface area contributed by atoms with Crippen LogP contribution in [0.4, 0.5) is 0 Å². The summed E-state index contributed by atoms with van der Waals surface area (Å²) < 4.78 is 4.26. The highest BCUT2D eigenvalue weighted by molar-refractivity contribution is 9.09. The van der Waals surface area contributed by atoms with Gasteiger partial charge in [-0.25, -0.2) is 4.79 Å². The average molecular weight is 250 g/mol. The molecule has 1 rings (SSSR count). The van der Waals surface area contributed by atoms with Gasteiger partial charge in [-0.2, -0.15) is 0 Å². The molecule has 1 aliphatic carbocycles. The number of nitrogens with one attached hydrogen (secondary N) is 1. The Bertz CT molecular complexity index is 213. The van der Waals surface area contributed by atoms with Crippen molar-refractivity contribution in [3.63, 3.8) is 0 Å². The number of hydrogen-bond donors (Lipinski definition) is 1. The van der Waals surface area contributed by atoms with Crippen LogP contribution < -0.4 is 5.32 Å². The normalized spacial score (nSPS) is 26.0. The van der Waals surface area contributed by atoms with E-state index in [0.717, 1.165) is 12.8 Å². The summed E-state index contributed by atoms with van der Waals surface area (Å²) in [6.45, 7) is 0.566. The van der Waals surface area contributed by atoms with Gasteiger partial charge >= 0.3 is 11.9 Å². The molecule has 0 radical (unpaired) electrons. The summed E-state index contributed by atoms with van der Waals surface area (Å²) >= 11 is 3.45. The maximum atomic E-state index is 10.9. The fourth-order valence-corrected chi connectivity index (χ4v) is 2.28. The molecule has 0 saturated heterocycles. The van der Waals surface area contributed by atoms with Crippen molar-refractivity contribution in [1.29, 1.82) is 0 Å². The van der Waals surface area contributed by atoms with Gasteiger partial charge in [-0.3, -0.25) is 4.79 Å². The van der Waals surface area contributed by atoms with Crippen LogP contribution in [0.2, 0.25) is 0 Å². The third-order valence-electron chi connectivity index (χ3n) is 2.10. The van der Waals surface area contributed by atoms with Crippen LogP contribution in [0.1, 0.15) is 12.8 Å². The molecule has 1 aliphatic rings. The molecule has 5 heteroatoms. The van der Waals surface area contributed by atoms with Crippen molar-refractivity contribution in [1.82, 2.24) is 5.32 Å². The Morgan fingerprint density at radius 2 is 2.15 bits per heavy atom. The second kappa shape index (κ2) is 4.60. The average Bonchev–Trinajstić information content (AvgIpc) is 2.08. The lowest BCUT2D eigenvalue weighted by Gasteiger charge is -2.30. The second-order valence-electron chi connectivity index (χ2n) is 3.14. The van der Waals surface area contributed by atoms with Crippen LogP contribution in [0.25, 0.3) is 0 Å². The van der Waals surface area contributed by atoms with E-state index in [1.165, 1.54) is 7.11 Å². The van der Waals surface area contributed by atoms with Gasteiger partial charge in [-0.15, -0.1) is 0 Å². The highest BCUT2D eigenvalue weighted by Crippen LogP contribution is 2.32. The fourth-order valence-electron chi connectivity index (χ4n) is 1.22. The number of alkyl halides is 1. The predicted octanol–water partition coefficient (Wildman–Crippen LogP) is 0.449. The van der Waals surface area contributed by atoms with Crippen LogP contribution in [-0.4, -0.2) is 30.4 Å².